The summed E-state index contributed by atoms with van der Waals surface area (Å²) in [5, 5.41) is 8.21. The highest BCUT2D eigenvalue weighted by Gasteiger charge is 2.34. The minimum Gasteiger partial charge on any atom is -0.383 e. The Bertz CT molecular complexity index is 1770. The Morgan fingerprint density at radius 1 is 1.20 bits per heavy atom. The van der Waals surface area contributed by atoms with E-state index in [1.165, 1.54) is 17.2 Å². The normalized spacial score (nSPS) is 20.6. The van der Waals surface area contributed by atoms with Crippen molar-refractivity contribution >= 4 is 28.5 Å². The summed E-state index contributed by atoms with van der Waals surface area (Å²) in [5.74, 6) is 1.61. The SMILES string of the molecule is C=C/C=C(\C(N)=NC)c1nc2ccc(-n3cccn3)nc2n1-c1ccc2c(c1)CC[C@@H]2NC1CCN(C(=O)C=C)CC1OC. The number of allylic oxidation sites excluding steroid dienone is 2. The Labute approximate surface area is 256 Å². The fraction of sp³-hybridized carbons (Fsp3) is 0.303. The standard InChI is InChI=1S/C33H37N9O2/c1-5-8-24(31(34)35-3)32-38-27-13-14-29(41-17-7-16-36-41)39-33(27)42(32)22-10-11-23-21(19-22)9-12-25(23)37-26-15-18-40(30(43)6-2)20-28(26)44-4/h5-8,10-11,13-14,16-17,19,25-26,28,37H,1-2,9,12,15,18,20H2,3-4H3,(H2,34,35)/b24-8+/t25-,26?,28?/m0/s1. The largest absolute Gasteiger partial charge is 0.383 e. The van der Waals surface area contributed by atoms with Gasteiger partial charge in [-0.3, -0.25) is 14.4 Å². The molecule has 11 nitrogen and oxygen atoms in total. The van der Waals surface area contributed by atoms with Crippen molar-refractivity contribution in [1.29, 1.82) is 0 Å². The predicted octanol–water partition coefficient (Wildman–Crippen LogP) is 3.54. The number of amides is 1. The third-order valence-electron chi connectivity index (χ3n) is 8.50. The molecule has 3 aromatic heterocycles. The number of carbonyl (C=O) groups excluding carboxylic acids is 1. The lowest BCUT2D eigenvalue weighted by Gasteiger charge is -2.39. The number of nitrogens with zero attached hydrogens (tertiary/aromatic N) is 7. The molecule has 6 rings (SSSR count). The number of amidine groups is 1. The van der Waals surface area contributed by atoms with E-state index >= 15 is 0 Å². The van der Waals surface area contributed by atoms with Crippen LogP contribution < -0.4 is 11.1 Å². The molecule has 0 bridgehead atoms. The van der Waals surface area contributed by atoms with Crippen LogP contribution in [0.1, 0.15) is 35.8 Å². The first kappa shape index (κ1) is 29.2. The zero-order chi connectivity index (χ0) is 30.8. The van der Waals surface area contributed by atoms with E-state index in [-0.39, 0.29) is 24.1 Å². The molecule has 4 aromatic rings. The van der Waals surface area contributed by atoms with E-state index in [1.54, 1.807) is 36.0 Å². The number of rotatable bonds is 9. The van der Waals surface area contributed by atoms with Crippen LogP contribution >= 0.6 is 0 Å². The number of hydrogen-bond donors (Lipinski definition) is 2. The van der Waals surface area contributed by atoms with Crippen LogP contribution in [0.4, 0.5) is 0 Å². The van der Waals surface area contributed by atoms with Crippen LogP contribution in [0.2, 0.25) is 0 Å². The lowest BCUT2D eigenvalue weighted by molar-refractivity contribution is -0.130. The molecule has 1 aliphatic carbocycles. The van der Waals surface area contributed by atoms with Gasteiger partial charge in [-0.25, -0.2) is 14.6 Å². The second kappa shape index (κ2) is 12.4. The number of likely N-dealkylation sites (tertiary alicyclic amines) is 1. The van der Waals surface area contributed by atoms with Crippen molar-refractivity contribution in [1.82, 2.24) is 34.5 Å². The zero-order valence-electron chi connectivity index (χ0n) is 25.1. The zero-order valence-corrected chi connectivity index (χ0v) is 25.1. The predicted molar refractivity (Wildman–Crippen MR) is 172 cm³/mol. The maximum Gasteiger partial charge on any atom is 0.246 e. The van der Waals surface area contributed by atoms with Crippen LogP contribution in [0.15, 0.2) is 85.2 Å². The van der Waals surface area contributed by atoms with E-state index < -0.39 is 0 Å². The quantitative estimate of drug-likeness (QED) is 0.132. The van der Waals surface area contributed by atoms with Gasteiger partial charge in [0, 0.05) is 57.4 Å². The molecule has 1 aromatic carbocycles. The number of piperidine rings is 1. The summed E-state index contributed by atoms with van der Waals surface area (Å²) >= 11 is 0. The Morgan fingerprint density at radius 2 is 2.07 bits per heavy atom. The highest BCUT2D eigenvalue weighted by molar-refractivity contribution is 6.21. The van der Waals surface area contributed by atoms with Gasteiger partial charge in [0.2, 0.25) is 5.91 Å². The average molecular weight is 592 g/mol. The number of nitrogens with two attached hydrogens (primary N) is 1. The van der Waals surface area contributed by atoms with Crippen molar-refractivity contribution in [2.75, 3.05) is 27.2 Å². The fourth-order valence-electron chi connectivity index (χ4n) is 6.27. The number of ether oxygens (including phenoxy) is 1. The van der Waals surface area contributed by atoms with Gasteiger partial charge < -0.3 is 20.7 Å². The second-order valence-corrected chi connectivity index (χ2v) is 11.0. The number of aromatic nitrogens is 5. The molecule has 44 heavy (non-hydrogen) atoms. The van der Waals surface area contributed by atoms with E-state index in [0.29, 0.717) is 41.8 Å². The van der Waals surface area contributed by atoms with Crippen molar-refractivity contribution in [3.63, 3.8) is 0 Å². The first-order valence-corrected chi connectivity index (χ1v) is 14.7. The minimum atomic E-state index is -0.0911. The van der Waals surface area contributed by atoms with Crippen LogP contribution in [0, 0.1) is 0 Å². The van der Waals surface area contributed by atoms with Crippen molar-refractivity contribution in [3.8, 4) is 11.5 Å². The summed E-state index contributed by atoms with van der Waals surface area (Å²) < 4.78 is 9.57. The first-order valence-electron chi connectivity index (χ1n) is 14.7. The Balaban J connectivity index is 1.37. The minimum absolute atomic E-state index is 0.0556. The van der Waals surface area contributed by atoms with Gasteiger partial charge >= 0.3 is 0 Å². The number of aliphatic imine (C=N–C) groups is 1. The van der Waals surface area contributed by atoms with E-state index in [1.807, 2.05) is 35.0 Å². The number of nitrogens with one attached hydrogen (secondary N) is 1. The number of benzene rings is 1. The molecular formula is C33H37N9O2. The van der Waals surface area contributed by atoms with E-state index in [4.69, 9.17) is 20.4 Å². The van der Waals surface area contributed by atoms with Gasteiger partial charge in [-0.1, -0.05) is 25.3 Å². The monoisotopic (exact) mass is 591 g/mol. The molecule has 3 atom stereocenters. The summed E-state index contributed by atoms with van der Waals surface area (Å²) in [5.41, 5.74) is 11.9. The average Bonchev–Trinajstić information content (AvgIpc) is 3.82. The van der Waals surface area contributed by atoms with Gasteiger partial charge in [0.15, 0.2) is 17.3 Å². The molecule has 3 N–H and O–H groups in total. The van der Waals surface area contributed by atoms with Gasteiger partial charge in [0.25, 0.3) is 0 Å². The smallest absolute Gasteiger partial charge is 0.246 e. The molecule has 0 saturated carbocycles. The number of aryl methyl sites for hydroxylation is 1. The topological polar surface area (TPSA) is 128 Å². The first-order chi connectivity index (χ1) is 21.4. The van der Waals surface area contributed by atoms with E-state index in [2.05, 4.69) is 46.8 Å². The molecule has 2 unspecified atom stereocenters. The number of pyridine rings is 1. The fourth-order valence-corrected chi connectivity index (χ4v) is 6.27. The number of hydrogen-bond acceptors (Lipinski definition) is 7. The Morgan fingerprint density at radius 3 is 2.80 bits per heavy atom. The molecular weight excluding hydrogens is 554 g/mol. The van der Waals surface area contributed by atoms with Crippen molar-refractivity contribution in [3.05, 3.63) is 97.1 Å². The number of imidazole rings is 1. The van der Waals surface area contributed by atoms with Crippen LogP contribution in [-0.2, 0) is 16.0 Å². The van der Waals surface area contributed by atoms with Gasteiger partial charge in [-0.2, -0.15) is 5.10 Å². The summed E-state index contributed by atoms with van der Waals surface area (Å²) in [6.07, 6.45) is 11.1. The van der Waals surface area contributed by atoms with Crippen LogP contribution in [-0.4, -0.2) is 80.4 Å². The van der Waals surface area contributed by atoms with Crippen LogP contribution in [0.3, 0.4) is 0 Å². The molecule has 4 heterocycles. The highest BCUT2D eigenvalue weighted by Crippen LogP contribution is 2.35. The number of fused-ring (bicyclic) bond motifs is 2. The van der Waals surface area contributed by atoms with Crippen molar-refractivity contribution in [2.24, 2.45) is 10.7 Å². The second-order valence-electron chi connectivity index (χ2n) is 11.0. The van der Waals surface area contributed by atoms with Crippen molar-refractivity contribution < 1.29 is 9.53 Å². The summed E-state index contributed by atoms with van der Waals surface area (Å²) in [4.78, 5) is 28.2. The van der Waals surface area contributed by atoms with Gasteiger partial charge in [-0.05, 0) is 72.9 Å². The summed E-state index contributed by atoms with van der Waals surface area (Å²) in [7, 11) is 3.37. The Kier molecular flexibility index (Phi) is 8.23. The van der Waals surface area contributed by atoms with E-state index in [9.17, 15) is 4.79 Å². The third-order valence-corrected chi connectivity index (χ3v) is 8.50. The molecule has 0 radical (unpaired) electrons. The van der Waals surface area contributed by atoms with Crippen LogP contribution in [0.25, 0.3) is 28.2 Å². The molecule has 1 saturated heterocycles. The van der Waals surface area contributed by atoms with Gasteiger partial charge in [-0.15, -0.1) is 0 Å². The summed E-state index contributed by atoms with van der Waals surface area (Å²) in [6, 6.07) is 12.5. The molecule has 1 fully saturated rings. The lowest BCUT2D eigenvalue weighted by atomic mass is 9.98. The van der Waals surface area contributed by atoms with Crippen LogP contribution in [0.5, 0.6) is 0 Å². The maximum absolute atomic E-state index is 12.2. The Hall–Kier alpha value is -4.87. The summed E-state index contributed by atoms with van der Waals surface area (Å²) in [6.45, 7) is 8.74. The molecule has 1 aliphatic heterocycles. The van der Waals surface area contributed by atoms with Crippen molar-refractivity contribution in [2.45, 2.75) is 37.5 Å². The molecule has 0 spiro atoms. The van der Waals surface area contributed by atoms with Gasteiger partial charge in [0.1, 0.15) is 11.4 Å². The molecule has 226 valence electrons. The maximum atomic E-state index is 12.2. The highest BCUT2D eigenvalue weighted by atomic mass is 16.5. The molecule has 2 aliphatic rings. The lowest BCUT2D eigenvalue weighted by Crippen LogP contribution is -2.55. The number of carbonyl (C=O) groups is 1. The number of methoxy groups -OCH3 is 1. The molecule has 1 amide bonds. The van der Waals surface area contributed by atoms with Gasteiger partial charge in [0.05, 0.1) is 11.7 Å². The third kappa shape index (κ3) is 5.36. The molecule has 11 heteroatoms. The van der Waals surface area contributed by atoms with E-state index in [0.717, 1.165) is 30.5 Å².